The number of nitrogens with zero attached hydrogens (tertiary/aromatic N) is 2. The molecular formula is C14H17BN2O2S. The molecule has 1 saturated heterocycles. The van der Waals surface area contributed by atoms with Crippen LogP contribution in [0.25, 0.3) is 10.7 Å². The zero-order valence-corrected chi connectivity index (χ0v) is 12.9. The summed E-state index contributed by atoms with van der Waals surface area (Å²) in [6.45, 7) is 8.16. The summed E-state index contributed by atoms with van der Waals surface area (Å²) in [6, 6.07) is 5.80. The second-order valence-electron chi connectivity index (χ2n) is 5.88. The summed E-state index contributed by atoms with van der Waals surface area (Å²) in [7, 11) is -0.409. The average Bonchev–Trinajstić information content (AvgIpc) is 2.94. The second-order valence-corrected chi connectivity index (χ2v) is 6.74. The molecule has 0 aromatic carbocycles. The van der Waals surface area contributed by atoms with E-state index in [4.69, 9.17) is 9.31 Å². The minimum atomic E-state index is -0.409. The van der Waals surface area contributed by atoms with Gasteiger partial charge in [-0.2, -0.15) is 0 Å². The van der Waals surface area contributed by atoms with Crippen LogP contribution in [0.5, 0.6) is 0 Å². The van der Waals surface area contributed by atoms with E-state index in [0.29, 0.717) is 0 Å². The van der Waals surface area contributed by atoms with E-state index in [1.165, 1.54) is 0 Å². The summed E-state index contributed by atoms with van der Waals surface area (Å²) in [5.74, 6) is 0. The number of aromatic nitrogens is 2. The maximum Gasteiger partial charge on any atom is 0.515 e. The van der Waals surface area contributed by atoms with E-state index < -0.39 is 7.12 Å². The van der Waals surface area contributed by atoms with Crippen LogP contribution in [-0.4, -0.2) is 28.3 Å². The summed E-state index contributed by atoms with van der Waals surface area (Å²) in [5, 5.41) is 2.86. The monoisotopic (exact) mass is 288 g/mol. The van der Waals surface area contributed by atoms with Crippen LogP contribution in [0.1, 0.15) is 27.7 Å². The summed E-state index contributed by atoms with van der Waals surface area (Å²) in [5.41, 5.74) is 1.01. The Kier molecular flexibility index (Phi) is 3.19. The van der Waals surface area contributed by atoms with Gasteiger partial charge in [0.2, 0.25) is 0 Å². The first-order valence-electron chi connectivity index (χ1n) is 6.61. The first kappa shape index (κ1) is 13.7. The van der Waals surface area contributed by atoms with Gasteiger partial charge >= 0.3 is 7.12 Å². The van der Waals surface area contributed by atoms with Crippen molar-refractivity contribution in [2.75, 3.05) is 0 Å². The minimum Gasteiger partial charge on any atom is -0.398 e. The Hall–Kier alpha value is -1.24. The predicted molar refractivity (Wildman–Crippen MR) is 81.1 cm³/mol. The predicted octanol–water partition coefficient (Wildman–Crippen LogP) is 2.50. The molecule has 104 valence electrons. The van der Waals surface area contributed by atoms with Gasteiger partial charge in [-0.15, -0.1) is 11.3 Å². The van der Waals surface area contributed by atoms with Crippen LogP contribution in [0.3, 0.4) is 0 Å². The molecule has 2 aromatic rings. The van der Waals surface area contributed by atoms with E-state index in [-0.39, 0.29) is 11.2 Å². The highest BCUT2D eigenvalue weighted by Gasteiger charge is 2.52. The molecule has 4 nitrogen and oxygen atoms in total. The minimum absolute atomic E-state index is 0.341. The Morgan fingerprint density at radius 1 is 1.10 bits per heavy atom. The van der Waals surface area contributed by atoms with Crippen molar-refractivity contribution in [2.24, 2.45) is 0 Å². The highest BCUT2D eigenvalue weighted by molar-refractivity contribution is 7.14. The second kappa shape index (κ2) is 4.65. The van der Waals surface area contributed by atoms with Gasteiger partial charge in [-0.1, -0.05) is 6.07 Å². The lowest BCUT2D eigenvalue weighted by Crippen LogP contribution is -2.41. The van der Waals surface area contributed by atoms with Crippen molar-refractivity contribution in [2.45, 2.75) is 38.9 Å². The van der Waals surface area contributed by atoms with Gasteiger partial charge in [0.25, 0.3) is 0 Å². The fourth-order valence-corrected chi connectivity index (χ4v) is 2.76. The molecule has 1 fully saturated rings. The normalized spacial score (nSPS) is 20.3. The van der Waals surface area contributed by atoms with Gasteiger partial charge in [-0.3, -0.25) is 4.98 Å². The molecule has 0 radical (unpaired) electrons. The topological polar surface area (TPSA) is 44.2 Å². The summed E-state index contributed by atoms with van der Waals surface area (Å²) in [4.78, 5) is 8.91. The quantitative estimate of drug-likeness (QED) is 0.796. The summed E-state index contributed by atoms with van der Waals surface area (Å²) >= 11 is 1.56. The third-order valence-corrected chi connectivity index (χ3v) is 4.78. The van der Waals surface area contributed by atoms with Crippen LogP contribution < -0.4 is 5.59 Å². The fraction of sp³-hybridized carbons (Fsp3) is 0.429. The van der Waals surface area contributed by atoms with Crippen LogP contribution in [0.2, 0.25) is 0 Å². The van der Waals surface area contributed by atoms with Gasteiger partial charge in [0.15, 0.2) is 0 Å². The Balaban J connectivity index is 1.86. The lowest BCUT2D eigenvalue weighted by Gasteiger charge is -2.32. The lowest BCUT2D eigenvalue weighted by molar-refractivity contribution is 0.00578. The highest BCUT2D eigenvalue weighted by atomic mass is 32.1. The van der Waals surface area contributed by atoms with Gasteiger partial charge in [0.05, 0.1) is 22.5 Å². The molecular weight excluding hydrogens is 271 g/mol. The molecule has 0 spiro atoms. The van der Waals surface area contributed by atoms with E-state index in [1.54, 1.807) is 17.5 Å². The van der Waals surface area contributed by atoms with Crippen molar-refractivity contribution >= 4 is 24.0 Å². The van der Waals surface area contributed by atoms with Crippen molar-refractivity contribution in [3.8, 4) is 10.7 Å². The number of hydrogen-bond acceptors (Lipinski definition) is 5. The molecule has 0 N–H and O–H groups in total. The van der Waals surface area contributed by atoms with E-state index in [1.807, 2.05) is 51.3 Å². The van der Waals surface area contributed by atoms with Crippen LogP contribution in [0.4, 0.5) is 0 Å². The lowest BCUT2D eigenvalue weighted by atomic mass is 9.86. The van der Waals surface area contributed by atoms with E-state index in [9.17, 15) is 0 Å². The molecule has 3 rings (SSSR count). The Morgan fingerprint density at radius 3 is 2.40 bits per heavy atom. The molecule has 0 aliphatic carbocycles. The Bertz CT molecular complexity index is 597. The van der Waals surface area contributed by atoms with Crippen molar-refractivity contribution in [3.05, 3.63) is 29.8 Å². The Morgan fingerprint density at radius 2 is 1.80 bits per heavy atom. The highest BCUT2D eigenvalue weighted by Crippen LogP contribution is 2.36. The van der Waals surface area contributed by atoms with Crippen molar-refractivity contribution in [1.29, 1.82) is 0 Å². The van der Waals surface area contributed by atoms with Crippen LogP contribution >= 0.6 is 11.3 Å². The molecule has 1 aliphatic heterocycles. The van der Waals surface area contributed by atoms with Gasteiger partial charge < -0.3 is 9.31 Å². The number of hydrogen-bond donors (Lipinski definition) is 0. The molecule has 2 aromatic heterocycles. The maximum absolute atomic E-state index is 6.00. The smallest absolute Gasteiger partial charge is 0.398 e. The number of rotatable bonds is 2. The molecule has 0 unspecified atom stereocenters. The number of pyridine rings is 1. The van der Waals surface area contributed by atoms with Gasteiger partial charge in [0, 0.05) is 11.6 Å². The van der Waals surface area contributed by atoms with Crippen molar-refractivity contribution in [1.82, 2.24) is 9.97 Å². The van der Waals surface area contributed by atoms with Crippen LogP contribution in [-0.2, 0) is 9.31 Å². The first-order valence-corrected chi connectivity index (χ1v) is 7.49. The third kappa shape index (κ3) is 2.28. The van der Waals surface area contributed by atoms with Crippen molar-refractivity contribution in [3.63, 3.8) is 0 Å². The molecule has 0 atom stereocenters. The zero-order chi connectivity index (χ0) is 14.4. The number of thiazole rings is 1. The maximum atomic E-state index is 6.00. The SMILES string of the molecule is CC1(C)OB(c2csc(-c3ccccn3)n2)OC1(C)C. The molecule has 0 amide bonds. The summed E-state index contributed by atoms with van der Waals surface area (Å²) < 4.78 is 12.0. The first-order chi connectivity index (χ1) is 9.39. The standard InChI is InChI=1S/C14H17BN2O2S/c1-13(2)14(3,4)19-15(18-13)11-9-20-12(17-11)10-7-5-6-8-16-10/h5-9H,1-4H3. The third-order valence-electron chi connectivity index (χ3n) is 3.90. The fourth-order valence-electron chi connectivity index (χ4n) is 1.97. The molecule has 20 heavy (non-hydrogen) atoms. The zero-order valence-electron chi connectivity index (χ0n) is 12.1. The van der Waals surface area contributed by atoms with Gasteiger partial charge in [-0.25, -0.2) is 4.98 Å². The molecule has 0 bridgehead atoms. The van der Waals surface area contributed by atoms with Crippen LogP contribution in [0, 0.1) is 0 Å². The van der Waals surface area contributed by atoms with Gasteiger partial charge in [0.1, 0.15) is 5.01 Å². The van der Waals surface area contributed by atoms with Crippen molar-refractivity contribution < 1.29 is 9.31 Å². The van der Waals surface area contributed by atoms with E-state index in [2.05, 4.69) is 9.97 Å². The van der Waals surface area contributed by atoms with Gasteiger partial charge in [-0.05, 0) is 39.8 Å². The van der Waals surface area contributed by atoms with Crippen LogP contribution in [0.15, 0.2) is 29.8 Å². The van der Waals surface area contributed by atoms with E-state index >= 15 is 0 Å². The largest absolute Gasteiger partial charge is 0.515 e. The van der Waals surface area contributed by atoms with E-state index in [0.717, 1.165) is 16.3 Å². The molecule has 1 aliphatic rings. The molecule has 6 heteroatoms. The average molecular weight is 288 g/mol. The Labute approximate surface area is 123 Å². The molecule has 0 saturated carbocycles. The summed E-state index contributed by atoms with van der Waals surface area (Å²) in [6.07, 6.45) is 1.77. The molecule has 3 heterocycles.